The molecule has 4 heteroatoms. The standard InChI is InChI=1S/C16H30N2OS/c1-6-16(7-2)10-17-14(20-11-16)18-12-9-13(19-8-3)15(12,4)5/h12-13H,6-11H2,1-5H3,(H,17,18). The normalized spacial score (nSPS) is 31.4. The molecule has 0 aromatic carbocycles. The van der Waals surface area contributed by atoms with Crippen molar-refractivity contribution < 1.29 is 4.74 Å². The van der Waals surface area contributed by atoms with Crippen LogP contribution in [0.2, 0.25) is 0 Å². The van der Waals surface area contributed by atoms with Crippen molar-refractivity contribution in [2.24, 2.45) is 15.8 Å². The molecule has 0 spiro atoms. The molecular formula is C16H30N2OS. The molecule has 116 valence electrons. The lowest BCUT2D eigenvalue weighted by molar-refractivity contribution is -0.109. The fourth-order valence-corrected chi connectivity index (χ4v) is 4.40. The number of aliphatic imine (C=N–C) groups is 1. The first-order valence-electron chi connectivity index (χ1n) is 8.03. The van der Waals surface area contributed by atoms with Gasteiger partial charge in [0.25, 0.3) is 0 Å². The zero-order valence-electron chi connectivity index (χ0n) is 13.7. The van der Waals surface area contributed by atoms with Gasteiger partial charge >= 0.3 is 0 Å². The summed E-state index contributed by atoms with van der Waals surface area (Å²) in [4.78, 5) is 4.81. The molecule has 0 aromatic heterocycles. The molecule has 2 aliphatic rings. The molecule has 0 aromatic rings. The Morgan fingerprint density at radius 1 is 1.30 bits per heavy atom. The van der Waals surface area contributed by atoms with Gasteiger partial charge in [-0.05, 0) is 31.6 Å². The Kier molecular flexibility index (Phi) is 5.06. The minimum absolute atomic E-state index is 0.211. The maximum Gasteiger partial charge on any atom is 0.156 e. The van der Waals surface area contributed by atoms with Crippen molar-refractivity contribution in [2.75, 3.05) is 18.9 Å². The molecule has 0 bridgehead atoms. The zero-order valence-corrected chi connectivity index (χ0v) is 14.5. The lowest BCUT2D eigenvalue weighted by Crippen LogP contribution is -2.62. The molecular weight excluding hydrogens is 268 g/mol. The topological polar surface area (TPSA) is 33.6 Å². The van der Waals surface area contributed by atoms with Gasteiger partial charge in [0.2, 0.25) is 0 Å². The van der Waals surface area contributed by atoms with Crippen molar-refractivity contribution in [3.8, 4) is 0 Å². The smallest absolute Gasteiger partial charge is 0.156 e. The average Bonchev–Trinajstić information content (AvgIpc) is 2.47. The summed E-state index contributed by atoms with van der Waals surface area (Å²) in [5.74, 6) is 1.20. The maximum absolute atomic E-state index is 5.79. The summed E-state index contributed by atoms with van der Waals surface area (Å²) in [6.45, 7) is 13.0. The van der Waals surface area contributed by atoms with Gasteiger partial charge in [0.15, 0.2) is 5.17 Å². The van der Waals surface area contributed by atoms with Gasteiger partial charge in [-0.2, -0.15) is 0 Å². The van der Waals surface area contributed by atoms with Crippen LogP contribution in [0.25, 0.3) is 0 Å². The van der Waals surface area contributed by atoms with Crippen LogP contribution in [0.3, 0.4) is 0 Å². The first-order chi connectivity index (χ1) is 9.47. The molecule has 1 fully saturated rings. The summed E-state index contributed by atoms with van der Waals surface area (Å²) in [7, 11) is 0. The van der Waals surface area contributed by atoms with Crippen LogP contribution < -0.4 is 5.32 Å². The van der Waals surface area contributed by atoms with Crippen LogP contribution in [0.1, 0.15) is 53.9 Å². The number of nitrogens with one attached hydrogen (secondary N) is 1. The number of amidine groups is 1. The van der Waals surface area contributed by atoms with Crippen molar-refractivity contribution >= 4 is 16.9 Å². The Balaban J connectivity index is 1.89. The quantitative estimate of drug-likeness (QED) is 0.840. The fourth-order valence-electron chi connectivity index (χ4n) is 3.08. The Morgan fingerprint density at radius 3 is 2.45 bits per heavy atom. The molecule has 2 unspecified atom stereocenters. The van der Waals surface area contributed by atoms with Crippen LogP contribution >= 0.6 is 11.8 Å². The van der Waals surface area contributed by atoms with Gasteiger partial charge in [0.1, 0.15) is 0 Å². The van der Waals surface area contributed by atoms with Gasteiger partial charge in [-0.1, -0.05) is 39.5 Å². The summed E-state index contributed by atoms with van der Waals surface area (Å²) in [6, 6.07) is 0.501. The van der Waals surface area contributed by atoms with Crippen LogP contribution in [-0.2, 0) is 4.74 Å². The third kappa shape index (κ3) is 3.01. The van der Waals surface area contributed by atoms with E-state index in [9.17, 15) is 0 Å². The van der Waals surface area contributed by atoms with Crippen molar-refractivity contribution in [1.82, 2.24) is 5.32 Å². The predicted molar refractivity (Wildman–Crippen MR) is 88.5 cm³/mol. The first-order valence-corrected chi connectivity index (χ1v) is 9.01. The number of rotatable bonds is 5. The summed E-state index contributed by atoms with van der Waals surface area (Å²) >= 11 is 1.91. The Morgan fingerprint density at radius 2 is 2.00 bits per heavy atom. The monoisotopic (exact) mass is 298 g/mol. The summed E-state index contributed by atoms with van der Waals surface area (Å²) in [5.41, 5.74) is 0.641. The Hall–Kier alpha value is -0.220. The van der Waals surface area contributed by atoms with Gasteiger partial charge in [0, 0.05) is 30.4 Å². The number of nitrogens with zero attached hydrogens (tertiary/aromatic N) is 1. The molecule has 2 rings (SSSR count). The second-order valence-corrected chi connectivity index (χ2v) is 7.78. The van der Waals surface area contributed by atoms with Crippen molar-refractivity contribution in [3.05, 3.63) is 0 Å². The van der Waals surface area contributed by atoms with E-state index in [-0.39, 0.29) is 5.41 Å². The van der Waals surface area contributed by atoms with E-state index in [1.807, 2.05) is 11.8 Å². The summed E-state index contributed by atoms with van der Waals surface area (Å²) < 4.78 is 5.79. The molecule has 1 saturated carbocycles. The molecule has 0 saturated heterocycles. The second kappa shape index (κ2) is 6.27. The summed E-state index contributed by atoms with van der Waals surface area (Å²) in [5, 5.41) is 4.80. The zero-order chi connectivity index (χ0) is 14.8. The van der Waals surface area contributed by atoms with E-state index in [0.29, 0.717) is 17.6 Å². The Bertz CT molecular complexity index is 363. The van der Waals surface area contributed by atoms with E-state index in [0.717, 1.165) is 24.7 Å². The number of hydrogen-bond acceptors (Lipinski definition) is 4. The molecule has 2 atom stereocenters. The van der Waals surface area contributed by atoms with Gasteiger partial charge in [0.05, 0.1) is 6.10 Å². The highest BCUT2D eigenvalue weighted by Gasteiger charge is 2.49. The SMILES string of the molecule is CCOC1CC(NC2=NCC(CC)(CC)CS2)C1(C)C. The van der Waals surface area contributed by atoms with Crippen molar-refractivity contribution in [1.29, 1.82) is 0 Å². The lowest BCUT2D eigenvalue weighted by Gasteiger charge is -2.52. The average molecular weight is 298 g/mol. The molecule has 0 amide bonds. The van der Waals surface area contributed by atoms with Crippen LogP contribution in [0.15, 0.2) is 4.99 Å². The van der Waals surface area contributed by atoms with Crippen molar-refractivity contribution in [2.45, 2.75) is 66.0 Å². The third-order valence-corrected chi connectivity index (χ3v) is 6.69. The van der Waals surface area contributed by atoms with Gasteiger partial charge in [-0.25, -0.2) is 0 Å². The molecule has 20 heavy (non-hydrogen) atoms. The van der Waals surface area contributed by atoms with Crippen molar-refractivity contribution in [3.63, 3.8) is 0 Å². The minimum atomic E-state index is 0.211. The molecule has 3 nitrogen and oxygen atoms in total. The summed E-state index contributed by atoms with van der Waals surface area (Å²) in [6.07, 6.45) is 3.96. The Labute approximate surface area is 128 Å². The van der Waals surface area contributed by atoms with E-state index in [1.54, 1.807) is 0 Å². The number of thioether (sulfide) groups is 1. The first kappa shape index (κ1) is 16.2. The highest BCUT2D eigenvalue weighted by molar-refractivity contribution is 8.13. The molecule has 1 aliphatic carbocycles. The lowest BCUT2D eigenvalue weighted by atomic mass is 9.64. The number of hydrogen-bond donors (Lipinski definition) is 1. The minimum Gasteiger partial charge on any atom is -0.378 e. The molecule has 0 radical (unpaired) electrons. The molecule has 1 N–H and O–H groups in total. The van der Waals surface area contributed by atoms with Crippen LogP contribution in [-0.4, -0.2) is 36.2 Å². The van der Waals surface area contributed by atoms with E-state index in [2.05, 4.69) is 39.9 Å². The highest BCUT2D eigenvalue weighted by Crippen LogP contribution is 2.43. The van der Waals surface area contributed by atoms with Gasteiger partial charge in [-0.15, -0.1) is 0 Å². The highest BCUT2D eigenvalue weighted by atomic mass is 32.2. The van der Waals surface area contributed by atoms with E-state index < -0.39 is 0 Å². The largest absolute Gasteiger partial charge is 0.378 e. The molecule has 1 aliphatic heterocycles. The maximum atomic E-state index is 5.79. The second-order valence-electron chi connectivity index (χ2n) is 6.82. The molecule has 1 heterocycles. The predicted octanol–water partition coefficient (Wildman–Crippen LogP) is 3.69. The van der Waals surface area contributed by atoms with Crippen LogP contribution in [0.5, 0.6) is 0 Å². The van der Waals surface area contributed by atoms with E-state index in [4.69, 9.17) is 9.73 Å². The number of ether oxygens (including phenoxy) is 1. The van der Waals surface area contributed by atoms with Gasteiger partial charge < -0.3 is 10.1 Å². The fraction of sp³-hybridized carbons (Fsp3) is 0.938. The van der Waals surface area contributed by atoms with E-state index in [1.165, 1.54) is 18.6 Å². The van der Waals surface area contributed by atoms with Crippen LogP contribution in [0, 0.1) is 10.8 Å². The third-order valence-electron chi connectivity index (χ3n) is 5.42. The van der Waals surface area contributed by atoms with Gasteiger partial charge in [-0.3, -0.25) is 4.99 Å². The van der Waals surface area contributed by atoms with E-state index >= 15 is 0 Å². The van der Waals surface area contributed by atoms with Crippen LogP contribution in [0.4, 0.5) is 0 Å².